The first-order valence-electron chi connectivity index (χ1n) is 24.7. The van der Waals surface area contributed by atoms with E-state index in [1.807, 2.05) is 91.8 Å². The summed E-state index contributed by atoms with van der Waals surface area (Å²) in [5.41, 5.74) is -10.9. The molecule has 67 heavy (non-hydrogen) atoms. The second-order valence-corrected chi connectivity index (χ2v) is 25.2. The first-order chi connectivity index (χ1) is 31.5. The molecule has 11 fully saturated rings. The van der Waals surface area contributed by atoms with Crippen molar-refractivity contribution < 1.29 is 43.9 Å². The number of piperazine rings is 2. The van der Waals surface area contributed by atoms with Crippen molar-refractivity contribution in [2.24, 2.45) is 28.6 Å². The third kappa shape index (κ3) is 3.60. The first-order valence-corrected chi connectivity index (χ1v) is 24.7. The lowest BCUT2D eigenvalue weighted by atomic mass is 9.35. The molecule has 0 aromatic heterocycles. The Morgan fingerprint density at radius 3 is 1.87 bits per heavy atom. The highest BCUT2D eigenvalue weighted by Gasteiger charge is 2.99. The van der Waals surface area contributed by atoms with Gasteiger partial charge in [-0.1, -0.05) is 27.7 Å². The highest BCUT2D eigenvalue weighted by Crippen LogP contribution is 2.82. The molecule has 2 saturated carbocycles. The summed E-state index contributed by atoms with van der Waals surface area (Å²) in [6, 6.07) is 3.88. The number of hydroxylamine groups is 2. The second kappa shape index (κ2) is 10.8. The Bertz CT molecular complexity index is 2930. The fourth-order valence-corrected chi connectivity index (χ4v) is 19.5. The van der Waals surface area contributed by atoms with E-state index in [2.05, 4.69) is 5.32 Å². The fourth-order valence-electron chi connectivity index (χ4n) is 19.5. The van der Waals surface area contributed by atoms with Crippen LogP contribution in [-0.2, 0) is 30.2 Å². The molecule has 13 aliphatic heterocycles. The minimum absolute atomic E-state index is 0.204. The van der Waals surface area contributed by atoms with Crippen LogP contribution in [0.5, 0.6) is 11.5 Å². The van der Waals surface area contributed by atoms with Crippen LogP contribution in [0.2, 0.25) is 0 Å². The average Bonchev–Trinajstić information content (AvgIpc) is 4.05. The predicted octanol–water partition coefficient (Wildman–Crippen LogP) is 2.26. The monoisotopic (exact) mass is 910 g/mol. The molecule has 9 saturated heterocycles. The van der Waals surface area contributed by atoms with Gasteiger partial charge in [0.05, 0.1) is 28.1 Å². The standard InChI is InChI=1S/C52H58N6O9/c1-43(2)19-15-25-29(66-43)13-11-27-33(25)57(64)36-45(5,6)31-23-47-17-9-21-54(47)41(61)50(31,53-39(47)59)38-49(27,36)35-51-32(24-48(40(60)56(38)51)18-10-22-55(48)42(51)62)46(7,8)37-52(35,63)28-12-14-30-26(34(28)58(37)65)16-20-44(3,4)67-30/h11-16,19-20,31-32,35-38,57-58,63H,9-10,17-18,21-24H2,1-8H3,(H,53,59)/t31-,32+,35+,36?,37?,38-,47-,48+,49-,50+,51-,52-/m0/s1. The molecule has 4 unspecified atom stereocenters. The highest BCUT2D eigenvalue weighted by atomic mass is 16.5. The van der Waals surface area contributed by atoms with Crippen molar-refractivity contribution in [3.8, 4) is 11.5 Å². The summed E-state index contributed by atoms with van der Waals surface area (Å²) in [4.78, 5) is 70.4. The number of benzene rings is 2. The smallest absolute Gasteiger partial charge is 0.251 e. The number of nitrogens with one attached hydrogen (secondary N) is 3. The molecule has 2 aliphatic carbocycles. The molecule has 15 heteroatoms. The Hall–Kier alpha value is -4.80. The lowest BCUT2D eigenvalue weighted by Crippen LogP contribution is -3.12. The van der Waals surface area contributed by atoms with Crippen LogP contribution in [0.3, 0.4) is 0 Å². The van der Waals surface area contributed by atoms with E-state index in [1.54, 1.807) is 26.8 Å². The van der Waals surface area contributed by atoms with E-state index in [0.29, 0.717) is 90.3 Å². The van der Waals surface area contributed by atoms with Crippen molar-refractivity contribution in [1.82, 2.24) is 20.0 Å². The van der Waals surface area contributed by atoms with Crippen LogP contribution < -0.4 is 24.9 Å². The van der Waals surface area contributed by atoms with Crippen molar-refractivity contribution in [2.45, 2.75) is 156 Å². The third-order valence-corrected chi connectivity index (χ3v) is 21.2. The van der Waals surface area contributed by atoms with Gasteiger partial charge in [-0.15, -0.1) is 0 Å². The van der Waals surface area contributed by atoms with E-state index in [1.165, 1.54) is 0 Å². The molecule has 4 N–H and O–H groups in total. The lowest BCUT2D eigenvalue weighted by Gasteiger charge is -2.72. The SMILES string of the molecule is CC1(C)C=Cc2c(ccc3c2[NH+]([O-])C2C(C)(C)[C@@H]4C[C@]56CCCN5C(=O)[C@]4(NC6=O)[C@H]4N5C(=O)[C@]67CCCN6C(=O)[C@@]56[C@H](C7)C(C)(C)C5[NH+]([O-])c7c(ccc8c7C=CC(C)(C)O8)[C@]5(O)[C@@H]6[C@@]324)O1. The van der Waals surface area contributed by atoms with E-state index >= 15 is 34.7 Å². The summed E-state index contributed by atoms with van der Waals surface area (Å²) < 4.78 is 13.1. The number of rotatable bonds is 0. The molecule has 4 amide bonds. The van der Waals surface area contributed by atoms with E-state index in [-0.39, 0.29) is 40.2 Å². The highest BCUT2D eigenvalue weighted by molar-refractivity contribution is 6.11. The zero-order chi connectivity index (χ0) is 46.7. The largest absolute Gasteiger partial charge is 0.629 e. The average molecular weight is 911 g/mol. The van der Waals surface area contributed by atoms with Crippen LogP contribution in [0.1, 0.15) is 116 Å². The summed E-state index contributed by atoms with van der Waals surface area (Å²) in [5.74, 6) is -2.83. The Morgan fingerprint density at radius 2 is 1.22 bits per heavy atom. The quantitative estimate of drug-likeness (QED) is 0.288. The summed E-state index contributed by atoms with van der Waals surface area (Å²) in [5, 5.41) is 50.8. The normalized spacial score (nSPS) is 47.4. The molecule has 15 nitrogen and oxygen atoms in total. The van der Waals surface area contributed by atoms with Crippen molar-refractivity contribution in [2.75, 3.05) is 13.1 Å². The molecule has 0 radical (unpaired) electrons. The van der Waals surface area contributed by atoms with Gasteiger partial charge in [-0.05, 0) is 115 Å². The number of hydrogen-bond donors (Lipinski definition) is 4. The van der Waals surface area contributed by atoms with Gasteiger partial charge in [0, 0.05) is 47.2 Å². The van der Waals surface area contributed by atoms with Crippen LogP contribution >= 0.6 is 0 Å². The van der Waals surface area contributed by atoms with E-state index in [0.717, 1.165) is 0 Å². The molecule has 350 valence electrons. The molecular weight excluding hydrogens is 853 g/mol. The second-order valence-electron chi connectivity index (χ2n) is 25.2. The number of fused-ring (bicyclic) bond motifs is 10. The minimum Gasteiger partial charge on any atom is -0.629 e. The van der Waals surface area contributed by atoms with Crippen molar-refractivity contribution in [3.05, 3.63) is 69.1 Å². The van der Waals surface area contributed by atoms with Gasteiger partial charge in [-0.2, -0.15) is 0 Å². The summed E-state index contributed by atoms with van der Waals surface area (Å²) in [6.45, 7) is 16.5. The van der Waals surface area contributed by atoms with E-state index in [9.17, 15) is 0 Å². The maximum atomic E-state index is 16.8. The van der Waals surface area contributed by atoms with Crippen LogP contribution in [-0.4, -0.2) is 108 Å². The van der Waals surface area contributed by atoms with Crippen LogP contribution in [0.15, 0.2) is 36.4 Å². The van der Waals surface area contributed by atoms with Crippen molar-refractivity contribution >= 4 is 47.2 Å². The third-order valence-electron chi connectivity index (χ3n) is 21.2. The summed E-state index contributed by atoms with van der Waals surface area (Å²) >= 11 is 0. The Kier molecular flexibility index (Phi) is 6.48. The number of ether oxygens (including phenoxy) is 2. The number of hydrogen-bond acceptors (Lipinski definition) is 9. The molecule has 13 heterocycles. The maximum absolute atomic E-state index is 16.8. The van der Waals surface area contributed by atoms with Crippen LogP contribution in [0.25, 0.3) is 12.2 Å². The van der Waals surface area contributed by atoms with Gasteiger partial charge in [0.1, 0.15) is 68.3 Å². The minimum atomic E-state index is -2.19. The van der Waals surface area contributed by atoms with Gasteiger partial charge in [-0.25, -0.2) is 0 Å². The zero-order valence-corrected chi connectivity index (χ0v) is 39.3. The number of quaternary nitrogens is 2. The number of carbonyl (C=O) groups is 4. The molecule has 2 aromatic rings. The number of carbonyl (C=O) groups excluding carboxylic acids is 4. The van der Waals surface area contributed by atoms with Crippen LogP contribution in [0, 0.1) is 39.0 Å². The van der Waals surface area contributed by atoms with Gasteiger partial charge in [0.2, 0.25) is 17.7 Å². The predicted molar refractivity (Wildman–Crippen MR) is 240 cm³/mol. The Balaban J connectivity index is 1.14. The molecule has 14 atom stereocenters. The maximum Gasteiger partial charge on any atom is 0.251 e. The number of aliphatic hydroxyl groups is 1. The molecular formula is C52H58N6O9. The van der Waals surface area contributed by atoms with E-state index < -0.39 is 91.1 Å². The lowest BCUT2D eigenvalue weighted by molar-refractivity contribution is -0.827. The summed E-state index contributed by atoms with van der Waals surface area (Å²) in [7, 11) is 0. The molecule has 4 bridgehead atoms. The first kappa shape index (κ1) is 40.1. The number of nitrogens with zero attached hydrogens (tertiary/aromatic N) is 3. The van der Waals surface area contributed by atoms with Crippen molar-refractivity contribution in [3.63, 3.8) is 0 Å². The van der Waals surface area contributed by atoms with Crippen molar-refractivity contribution in [1.29, 1.82) is 0 Å². The molecule has 17 rings (SSSR count). The van der Waals surface area contributed by atoms with Crippen LogP contribution in [0.4, 0.5) is 11.4 Å². The fraction of sp³-hybridized carbons (Fsp3) is 0.615. The van der Waals surface area contributed by atoms with Gasteiger partial charge in [-0.3, -0.25) is 19.2 Å². The zero-order valence-electron chi connectivity index (χ0n) is 39.3. The Labute approximate surface area is 388 Å². The number of amides is 4. The van der Waals surface area contributed by atoms with Gasteiger partial charge in [0.15, 0.2) is 5.60 Å². The molecule has 2 aromatic carbocycles. The topological polar surface area (TPSA) is 184 Å². The molecule has 15 aliphatic rings. The van der Waals surface area contributed by atoms with E-state index in [4.69, 9.17) is 9.47 Å². The molecule has 5 spiro atoms. The number of piperidine rings is 4. The Morgan fingerprint density at radius 1 is 0.687 bits per heavy atom. The van der Waals surface area contributed by atoms with Gasteiger partial charge in [0.25, 0.3) is 5.91 Å². The van der Waals surface area contributed by atoms with Gasteiger partial charge >= 0.3 is 0 Å². The van der Waals surface area contributed by atoms with Gasteiger partial charge < -0.3 is 55.1 Å². The summed E-state index contributed by atoms with van der Waals surface area (Å²) in [6.07, 6.45) is 10.3.